The smallest absolute Gasteiger partial charge is 0.354 e. The highest BCUT2D eigenvalue weighted by atomic mass is 19.1. The van der Waals surface area contributed by atoms with Crippen molar-refractivity contribution in [3.05, 3.63) is 53.7 Å². The van der Waals surface area contributed by atoms with Crippen molar-refractivity contribution >= 4 is 5.97 Å². The molecule has 1 heterocycles. The minimum atomic E-state index is -1.25. The van der Waals surface area contributed by atoms with Crippen molar-refractivity contribution < 1.29 is 18.7 Å². The molecule has 2 aromatic rings. The van der Waals surface area contributed by atoms with Crippen molar-refractivity contribution in [3.8, 4) is 11.3 Å². The van der Waals surface area contributed by atoms with E-state index in [0.717, 1.165) is 12.1 Å². The molecular weight excluding hydrogens is 228 g/mol. The van der Waals surface area contributed by atoms with E-state index in [1.165, 1.54) is 24.3 Å². The molecule has 0 unspecified atom stereocenters. The number of rotatable bonds is 2. The molecule has 0 aliphatic heterocycles. The summed E-state index contributed by atoms with van der Waals surface area (Å²) in [6, 6.07) is 7.41. The van der Waals surface area contributed by atoms with Gasteiger partial charge in [0.25, 0.3) is 0 Å². The maximum Gasteiger partial charge on any atom is 0.354 e. The van der Waals surface area contributed by atoms with Crippen LogP contribution in [0.2, 0.25) is 0 Å². The largest absolute Gasteiger partial charge is 0.477 e. The molecule has 17 heavy (non-hydrogen) atoms. The second kappa shape index (κ2) is 4.29. The van der Waals surface area contributed by atoms with Crippen LogP contribution < -0.4 is 0 Å². The summed E-state index contributed by atoms with van der Waals surface area (Å²) < 4.78 is 26.9. The molecule has 0 atom stereocenters. The molecule has 1 aromatic heterocycles. The van der Waals surface area contributed by atoms with Crippen molar-refractivity contribution in [1.82, 2.24) is 4.98 Å². The predicted molar refractivity (Wildman–Crippen MR) is 56.5 cm³/mol. The summed E-state index contributed by atoms with van der Waals surface area (Å²) in [5.41, 5.74) is -0.624. The summed E-state index contributed by atoms with van der Waals surface area (Å²) in [5.74, 6) is -2.80. The number of aromatic nitrogens is 1. The van der Waals surface area contributed by atoms with Gasteiger partial charge in [-0.2, -0.15) is 0 Å². The summed E-state index contributed by atoms with van der Waals surface area (Å²) >= 11 is 0. The van der Waals surface area contributed by atoms with E-state index in [0.29, 0.717) is 0 Å². The first-order valence-electron chi connectivity index (χ1n) is 4.74. The van der Waals surface area contributed by atoms with Crippen LogP contribution in [0.4, 0.5) is 8.78 Å². The number of carbonyl (C=O) groups is 1. The zero-order chi connectivity index (χ0) is 12.4. The monoisotopic (exact) mass is 235 g/mol. The van der Waals surface area contributed by atoms with E-state index in [1.807, 2.05) is 0 Å². The Labute approximate surface area is 95.4 Å². The van der Waals surface area contributed by atoms with Gasteiger partial charge in [-0.05, 0) is 24.3 Å². The Morgan fingerprint density at radius 3 is 2.24 bits per heavy atom. The topological polar surface area (TPSA) is 50.2 Å². The number of halogens is 2. The Morgan fingerprint density at radius 2 is 1.65 bits per heavy atom. The molecule has 2 rings (SSSR count). The first kappa shape index (κ1) is 11.2. The Kier molecular flexibility index (Phi) is 2.82. The third kappa shape index (κ3) is 2.13. The van der Waals surface area contributed by atoms with Gasteiger partial charge in [0.15, 0.2) is 0 Å². The highest BCUT2D eigenvalue weighted by molar-refractivity contribution is 5.86. The van der Waals surface area contributed by atoms with Gasteiger partial charge in [-0.1, -0.05) is 12.1 Å². The molecule has 0 saturated heterocycles. The van der Waals surface area contributed by atoms with E-state index in [9.17, 15) is 13.6 Å². The lowest BCUT2D eigenvalue weighted by Gasteiger charge is -2.04. The summed E-state index contributed by atoms with van der Waals surface area (Å²) in [6.45, 7) is 0. The molecule has 0 saturated carbocycles. The fourth-order valence-corrected chi connectivity index (χ4v) is 1.44. The average Bonchev–Trinajstić information content (AvgIpc) is 2.29. The van der Waals surface area contributed by atoms with Crippen LogP contribution in [0.5, 0.6) is 0 Å². The van der Waals surface area contributed by atoms with Crippen LogP contribution in [0.1, 0.15) is 10.5 Å². The second-order valence-electron chi connectivity index (χ2n) is 3.31. The van der Waals surface area contributed by atoms with Gasteiger partial charge in [-0.15, -0.1) is 0 Å². The van der Waals surface area contributed by atoms with E-state index in [1.54, 1.807) is 0 Å². The Hall–Kier alpha value is -2.30. The predicted octanol–water partition coefficient (Wildman–Crippen LogP) is 2.73. The zero-order valence-electron chi connectivity index (χ0n) is 8.52. The normalized spacial score (nSPS) is 10.2. The van der Waals surface area contributed by atoms with Crippen molar-refractivity contribution in [2.45, 2.75) is 0 Å². The van der Waals surface area contributed by atoms with Crippen molar-refractivity contribution in [1.29, 1.82) is 0 Å². The van der Waals surface area contributed by atoms with E-state index in [4.69, 9.17) is 5.11 Å². The quantitative estimate of drug-likeness (QED) is 0.870. The summed E-state index contributed by atoms with van der Waals surface area (Å²) in [7, 11) is 0. The summed E-state index contributed by atoms with van der Waals surface area (Å²) in [5, 5.41) is 8.74. The second-order valence-corrected chi connectivity index (χ2v) is 3.31. The van der Waals surface area contributed by atoms with Gasteiger partial charge in [-0.25, -0.2) is 18.6 Å². The lowest BCUT2D eigenvalue weighted by Crippen LogP contribution is -2.02. The highest BCUT2D eigenvalue weighted by Gasteiger charge is 2.14. The van der Waals surface area contributed by atoms with Crippen LogP contribution in [0.25, 0.3) is 11.3 Å². The molecule has 3 nitrogen and oxygen atoms in total. The number of hydrogen-bond donors (Lipinski definition) is 1. The van der Waals surface area contributed by atoms with Gasteiger partial charge < -0.3 is 5.11 Å². The molecule has 0 bridgehead atoms. The van der Waals surface area contributed by atoms with Crippen LogP contribution in [0, 0.1) is 11.6 Å². The van der Waals surface area contributed by atoms with Gasteiger partial charge in [0.1, 0.15) is 17.3 Å². The zero-order valence-corrected chi connectivity index (χ0v) is 8.52. The Morgan fingerprint density at radius 1 is 1.06 bits per heavy atom. The highest BCUT2D eigenvalue weighted by Crippen LogP contribution is 2.24. The van der Waals surface area contributed by atoms with E-state index < -0.39 is 17.6 Å². The maximum absolute atomic E-state index is 13.4. The van der Waals surface area contributed by atoms with E-state index in [2.05, 4.69) is 4.98 Å². The lowest BCUT2D eigenvalue weighted by molar-refractivity contribution is 0.0690. The Balaban J connectivity index is 2.61. The lowest BCUT2D eigenvalue weighted by atomic mass is 10.1. The van der Waals surface area contributed by atoms with E-state index in [-0.39, 0.29) is 17.0 Å². The minimum Gasteiger partial charge on any atom is -0.477 e. The van der Waals surface area contributed by atoms with Crippen molar-refractivity contribution in [2.75, 3.05) is 0 Å². The molecule has 0 amide bonds. The molecule has 5 heteroatoms. The average molecular weight is 235 g/mol. The van der Waals surface area contributed by atoms with Gasteiger partial charge >= 0.3 is 5.97 Å². The first-order chi connectivity index (χ1) is 8.09. The van der Waals surface area contributed by atoms with Gasteiger partial charge in [-0.3, -0.25) is 0 Å². The standard InChI is InChI=1S/C12H7F2NO2/c13-7-3-1-4-8(14)11(7)9-5-2-6-10(15-9)12(16)17/h1-6H,(H,16,17). The number of carboxylic acids is 1. The van der Waals surface area contributed by atoms with Gasteiger partial charge in [0.2, 0.25) is 0 Å². The molecule has 0 aliphatic rings. The molecule has 0 aliphatic carbocycles. The van der Waals surface area contributed by atoms with Crippen LogP contribution in [0.3, 0.4) is 0 Å². The molecule has 0 spiro atoms. The molecule has 0 fully saturated rings. The molecule has 1 N–H and O–H groups in total. The number of pyridine rings is 1. The summed E-state index contributed by atoms with van der Waals surface area (Å²) in [6.07, 6.45) is 0. The SMILES string of the molecule is O=C(O)c1cccc(-c2c(F)cccc2F)n1. The van der Waals surface area contributed by atoms with Crippen LogP contribution in [-0.2, 0) is 0 Å². The Bertz CT molecular complexity index is 564. The maximum atomic E-state index is 13.4. The number of benzene rings is 1. The van der Waals surface area contributed by atoms with Crippen LogP contribution in [-0.4, -0.2) is 16.1 Å². The number of nitrogens with zero attached hydrogens (tertiary/aromatic N) is 1. The van der Waals surface area contributed by atoms with Crippen molar-refractivity contribution in [2.24, 2.45) is 0 Å². The van der Waals surface area contributed by atoms with E-state index >= 15 is 0 Å². The molecule has 1 aromatic carbocycles. The van der Waals surface area contributed by atoms with Gasteiger partial charge in [0.05, 0.1) is 11.3 Å². The summed E-state index contributed by atoms with van der Waals surface area (Å²) in [4.78, 5) is 14.4. The van der Waals surface area contributed by atoms with Crippen LogP contribution in [0.15, 0.2) is 36.4 Å². The number of carboxylic acid groups (broad SMARTS) is 1. The third-order valence-corrected chi connectivity index (χ3v) is 2.19. The fourth-order valence-electron chi connectivity index (χ4n) is 1.44. The number of aromatic carboxylic acids is 1. The van der Waals surface area contributed by atoms with Crippen molar-refractivity contribution in [3.63, 3.8) is 0 Å². The molecule has 0 radical (unpaired) electrons. The third-order valence-electron chi connectivity index (χ3n) is 2.19. The molecule has 86 valence electrons. The first-order valence-corrected chi connectivity index (χ1v) is 4.74. The van der Waals surface area contributed by atoms with Gasteiger partial charge in [0, 0.05) is 0 Å². The molecular formula is C12H7F2NO2. The minimum absolute atomic E-state index is 0.0412. The fraction of sp³-hybridized carbons (Fsp3) is 0. The number of hydrogen-bond acceptors (Lipinski definition) is 2. The van der Waals surface area contributed by atoms with Crippen LogP contribution >= 0.6 is 0 Å².